The molecule has 1 unspecified atom stereocenters. The number of carbonyl (C=O) groups excluding carboxylic acids is 1. The maximum absolute atomic E-state index is 13.4. The summed E-state index contributed by atoms with van der Waals surface area (Å²) in [6.45, 7) is 3.93. The molecule has 7 heteroatoms. The molecule has 0 aliphatic carbocycles. The summed E-state index contributed by atoms with van der Waals surface area (Å²) < 4.78 is 41.9. The third-order valence-corrected chi connectivity index (χ3v) is 5.60. The molecule has 0 radical (unpaired) electrons. The first-order chi connectivity index (χ1) is 15.2. The molecular formula is C25H22F3N3O. The Labute approximate surface area is 183 Å². The minimum absolute atomic E-state index is 0.0308. The molecule has 1 atom stereocenters. The van der Waals surface area contributed by atoms with Crippen LogP contribution in [0.25, 0.3) is 5.65 Å². The second-order valence-corrected chi connectivity index (χ2v) is 7.84. The van der Waals surface area contributed by atoms with Crippen LogP contribution >= 0.6 is 0 Å². The molecule has 0 aliphatic heterocycles. The molecule has 1 N–H and O–H groups in total. The van der Waals surface area contributed by atoms with Gasteiger partial charge in [-0.05, 0) is 60.9 Å². The molecule has 4 aromatic rings. The summed E-state index contributed by atoms with van der Waals surface area (Å²) in [5.41, 5.74) is 3.77. The van der Waals surface area contributed by atoms with Gasteiger partial charge in [0.25, 0.3) is 0 Å². The lowest BCUT2D eigenvalue weighted by Gasteiger charge is -2.19. The van der Waals surface area contributed by atoms with Crippen molar-refractivity contribution in [2.24, 2.45) is 0 Å². The van der Waals surface area contributed by atoms with Gasteiger partial charge in [-0.2, -0.15) is 13.2 Å². The van der Waals surface area contributed by atoms with E-state index in [4.69, 9.17) is 0 Å². The second kappa shape index (κ2) is 8.49. The second-order valence-electron chi connectivity index (χ2n) is 7.84. The summed E-state index contributed by atoms with van der Waals surface area (Å²) >= 11 is 0. The van der Waals surface area contributed by atoms with Crippen LogP contribution in [0, 0.1) is 13.8 Å². The molecule has 0 spiro atoms. The normalized spacial score (nSPS) is 12.7. The average Bonchev–Trinajstić information content (AvgIpc) is 3.18. The Hall–Kier alpha value is -3.61. The van der Waals surface area contributed by atoms with Crippen molar-refractivity contribution in [2.75, 3.05) is 5.32 Å². The third-order valence-electron chi connectivity index (χ3n) is 5.60. The number of halogens is 3. The van der Waals surface area contributed by atoms with Crippen molar-refractivity contribution in [3.63, 3.8) is 0 Å². The summed E-state index contributed by atoms with van der Waals surface area (Å²) in [5.74, 6) is -0.900. The Morgan fingerprint density at radius 1 is 1.03 bits per heavy atom. The van der Waals surface area contributed by atoms with Gasteiger partial charge in [0.1, 0.15) is 5.65 Å². The maximum atomic E-state index is 13.4. The van der Waals surface area contributed by atoms with E-state index in [2.05, 4.69) is 10.3 Å². The lowest BCUT2D eigenvalue weighted by molar-refractivity contribution is -0.137. The Morgan fingerprint density at radius 3 is 2.59 bits per heavy atom. The highest BCUT2D eigenvalue weighted by atomic mass is 19.4. The minimum atomic E-state index is -4.47. The summed E-state index contributed by atoms with van der Waals surface area (Å²) in [7, 11) is 0. The van der Waals surface area contributed by atoms with Crippen LogP contribution in [0.2, 0.25) is 0 Å². The number of hydrogen-bond donors (Lipinski definition) is 1. The number of alkyl halides is 3. The molecule has 4 nitrogen and oxygen atoms in total. The number of imidazole rings is 1. The Morgan fingerprint density at radius 2 is 1.84 bits per heavy atom. The molecule has 4 rings (SSSR count). The molecule has 0 bridgehead atoms. The maximum Gasteiger partial charge on any atom is 0.416 e. The number of fused-ring (bicyclic) bond motifs is 1. The molecule has 0 fully saturated rings. The largest absolute Gasteiger partial charge is 0.416 e. The Kier molecular flexibility index (Phi) is 5.74. The zero-order chi connectivity index (χ0) is 22.9. The van der Waals surface area contributed by atoms with Crippen molar-refractivity contribution < 1.29 is 18.0 Å². The van der Waals surface area contributed by atoms with E-state index >= 15 is 0 Å². The third kappa shape index (κ3) is 4.51. The van der Waals surface area contributed by atoms with E-state index < -0.39 is 17.7 Å². The number of amides is 1. The Balaban J connectivity index is 1.71. The Bertz CT molecular complexity index is 1280. The van der Waals surface area contributed by atoms with Crippen molar-refractivity contribution in [3.8, 4) is 0 Å². The summed E-state index contributed by atoms with van der Waals surface area (Å²) in [5, 5.41) is 2.87. The predicted octanol–water partition coefficient (Wildman–Crippen LogP) is 6.13. The lowest BCUT2D eigenvalue weighted by atomic mass is 9.91. The lowest BCUT2D eigenvalue weighted by Crippen LogP contribution is -2.18. The zero-order valence-electron chi connectivity index (χ0n) is 17.6. The van der Waals surface area contributed by atoms with Gasteiger partial charge in [0.05, 0.1) is 11.3 Å². The van der Waals surface area contributed by atoms with E-state index in [0.717, 1.165) is 23.3 Å². The number of aromatic nitrogens is 2. The highest BCUT2D eigenvalue weighted by Gasteiger charge is 2.32. The predicted molar refractivity (Wildman–Crippen MR) is 118 cm³/mol. The highest BCUT2D eigenvalue weighted by molar-refractivity contribution is 5.91. The van der Waals surface area contributed by atoms with Crippen molar-refractivity contribution in [3.05, 3.63) is 101 Å². The summed E-state index contributed by atoms with van der Waals surface area (Å²) in [6, 6.07) is 16.2. The van der Waals surface area contributed by atoms with Crippen molar-refractivity contribution in [2.45, 2.75) is 32.4 Å². The molecule has 2 aromatic heterocycles. The number of carbonyl (C=O) groups is 1. The van der Waals surface area contributed by atoms with Gasteiger partial charge < -0.3 is 9.72 Å². The van der Waals surface area contributed by atoms with Crippen LogP contribution in [0.15, 0.2) is 73.1 Å². The van der Waals surface area contributed by atoms with Gasteiger partial charge in [0, 0.05) is 30.4 Å². The van der Waals surface area contributed by atoms with Gasteiger partial charge in [-0.1, -0.05) is 30.3 Å². The van der Waals surface area contributed by atoms with E-state index in [9.17, 15) is 18.0 Å². The number of nitrogens with one attached hydrogen (secondary N) is 1. The van der Waals surface area contributed by atoms with Crippen molar-refractivity contribution in [1.29, 1.82) is 0 Å². The molecule has 32 heavy (non-hydrogen) atoms. The fraction of sp³-hybridized carbons (Fsp3) is 0.200. The van der Waals surface area contributed by atoms with Crippen LogP contribution in [-0.2, 0) is 11.0 Å². The quantitative estimate of drug-likeness (QED) is 0.408. The highest BCUT2D eigenvalue weighted by Crippen LogP contribution is 2.34. The smallest absolute Gasteiger partial charge is 0.326 e. The van der Waals surface area contributed by atoms with Crippen LogP contribution in [-0.4, -0.2) is 15.3 Å². The number of rotatable bonds is 5. The molecule has 2 heterocycles. The minimum Gasteiger partial charge on any atom is -0.326 e. The molecule has 0 saturated heterocycles. The first-order valence-electron chi connectivity index (χ1n) is 10.2. The van der Waals surface area contributed by atoms with Gasteiger partial charge in [-0.3, -0.25) is 4.79 Å². The van der Waals surface area contributed by atoms with Crippen LogP contribution in [0.3, 0.4) is 0 Å². The van der Waals surface area contributed by atoms with E-state index in [1.165, 1.54) is 6.07 Å². The fourth-order valence-corrected chi connectivity index (χ4v) is 3.75. The number of hydrogen-bond acceptors (Lipinski definition) is 2. The van der Waals surface area contributed by atoms with Gasteiger partial charge in [0.15, 0.2) is 0 Å². The van der Waals surface area contributed by atoms with Crippen molar-refractivity contribution >= 4 is 17.2 Å². The van der Waals surface area contributed by atoms with Gasteiger partial charge in [-0.15, -0.1) is 0 Å². The van der Waals surface area contributed by atoms with Crippen LogP contribution in [0.1, 0.15) is 40.3 Å². The number of pyridine rings is 1. The SMILES string of the molecule is Cc1ccc(NC(=O)CC(c2cccc(C(F)(F)F)c2)c2cnc3ccccn23)cc1C. The van der Waals surface area contributed by atoms with E-state index in [1.807, 2.05) is 50.2 Å². The molecule has 0 saturated carbocycles. The molecule has 164 valence electrons. The molecule has 1 amide bonds. The van der Waals surface area contributed by atoms with E-state index in [0.29, 0.717) is 22.6 Å². The first-order valence-corrected chi connectivity index (χ1v) is 10.2. The summed E-state index contributed by atoms with van der Waals surface area (Å²) in [4.78, 5) is 17.3. The van der Waals surface area contributed by atoms with Crippen molar-refractivity contribution in [1.82, 2.24) is 9.38 Å². The average molecular weight is 437 g/mol. The van der Waals surface area contributed by atoms with Gasteiger partial charge in [0.2, 0.25) is 5.91 Å². The molecule has 2 aromatic carbocycles. The summed E-state index contributed by atoms with van der Waals surface area (Å²) in [6.07, 6.45) is -1.10. The molecule has 0 aliphatic rings. The standard InChI is InChI=1S/C25H22F3N3O/c1-16-9-10-20(12-17(16)2)30-24(32)14-21(18-6-5-7-19(13-18)25(26,27)28)22-15-29-23-8-3-4-11-31(22)23/h3-13,15,21H,14H2,1-2H3,(H,30,32). The molecular weight excluding hydrogens is 415 g/mol. The number of aryl methyl sites for hydroxylation is 2. The van der Waals surface area contributed by atoms with Crippen LogP contribution in [0.5, 0.6) is 0 Å². The van der Waals surface area contributed by atoms with Gasteiger partial charge >= 0.3 is 6.18 Å². The van der Waals surface area contributed by atoms with E-state index in [-0.39, 0.29) is 12.3 Å². The number of benzene rings is 2. The van der Waals surface area contributed by atoms with Gasteiger partial charge in [-0.25, -0.2) is 4.98 Å². The fourth-order valence-electron chi connectivity index (χ4n) is 3.75. The van der Waals surface area contributed by atoms with E-state index in [1.54, 1.807) is 22.9 Å². The topological polar surface area (TPSA) is 46.4 Å². The monoisotopic (exact) mass is 437 g/mol. The number of anilines is 1. The number of nitrogens with zero attached hydrogens (tertiary/aromatic N) is 2. The van der Waals surface area contributed by atoms with Crippen LogP contribution in [0.4, 0.5) is 18.9 Å². The van der Waals surface area contributed by atoms with Crippen LogP contribution < -0.4 is 5.32 Å². The first kappa shape index (κ1) is 21.6. The zero-order valence-corrected chi connectivity index (χ0v) is 17.6.